The smallest absolute Gasteiger partial charge is 0.141 e. The van der Waals surface area contributed by atoms with Crippen LogP contribution in [0.1, 0.15) is 11.5 Å². The third kappa shape index (κ3) is 3.08. The van der Waals surface area contributed by atoms with Gasteiger partial charge in [-0.3, -0.25) is 4.98 Å². The summed E-state index contributed by atoms with van der Waals surface area (Å²) in [4.78, 5) is 11.8. The number of H-pyrrole nitrogens is 1. The van der Waals surface area contributed by atoms with E-state index < -0.39 is 0 Å². The van der Waals surface area contributed by atoms with Crippen molar-refractivity contribution in [1.29, 1.82) is 0 Å². The number of imidazole rings is 1. The molecule has 2 heterocycles. The molecule has 3 rings (SSSR count). The zero-order valence-electron chi connectivity index (χ0n) is 11.6. The molecule has 0 aliphatic heterocycles. The molecule has 0 unspecified atom stereocenters. The highest BCUT2D eigenvalue weighted by atomic mass is 19.1. The summed E-state index contributed by atoms with van der Waals surface area (Å²) in [7, 11) is 0. The van der Waals surface area contributed by atoms with E-state index >= 15 is 0 Å². The Kier molecular flexibility index (Phi) is 3.64. The van der Waals surface area contributed by atoms with Crippen LogP contribution in [0.5, 0.6) is 0 Å². The maximum Gasteiger partial charge on any atom is 0.141 e. The Morgan fingerprint density at radius 1 is 1.14 bits per heavy atom. The summed E-state index contributed by atoms with van der Waals surface area (Å²) in [5.74, 6) is 0.468. The average molecular weight is 282 g/mol. The van der Waals surface area contributed by atoms with E-state index in [0.717, 1.165) is 22.9 Å². The van der Waals surface area contributed by atoms with Crippen LogP contribution in [0.25, 0.3) is 11.4 Å². The fourth-order valence-electron chi connectivity index (χ4n) is 2.11. The van der Waals surface area contributed by atoms with Gasteiger partial charge in [0.2, 0.25) is 0 Å². The highest BCUT2D eigenvalue weighted by molar-refractivity contribution is 5.57. The van der Waals surface area contributed by atoms with Gasteiger partial charge in [-0.2, -0.15) is 0 Å². The maximum absolute atomic E-state index is 12.9. The van der Waals surface area contributed by atoms with Crippen molar-refractivity contribution in [3.8, 4) is 11.4 Å². The first-order valence-electron chi connectivity index (χ1n) is 6.69. The standard InChI is InChI=1S/C16H15FN4/c1-11-16(14-8-7-12(17)9-19-14)21-15(20-11)10-18-13-5-3-2-4-6-13/h2-9,18H,10H2,1H3,(H,20,21). The van der Waals surface area contributed by atoms with Gasteiger partial charge in [-0.05, 0) is 31.2 Å². The molecule has 0 saturated heterocycles. The van der Waals surface area contributed by atoms with E-state index in [0.29, 0.717) is 12.2 Å². The summed E-state index contributed by atoms with van der Waals surface area (Å²) in [6.07, 6.45) is 1.20. The van der Waals surface area contributed by atoms with Gasteiger partial charge in [0.15, 0.2) is 0 Å². The van der Waals surface area contributed by atoms with Crippen molar-refractivity contribution in [3.63, 3.8) is 0 Å². The third-order valence-electron chi connectivity index (χ3n) is 3.14. The zero-order chi connectivity index (χ0) is 14.7. The number of nitrogens with zero attached hydrogens (tertiary/aromatic N) is 2. The van der Waals surface area contributed by atoms with Gasteiger partial charge in [0, 0.05) is 11.4 Å². The second-order valence-electron chi connectivity index (χ2n) is 4.74. The largest absolute Gasteiger partial charge is 0.378 e. The van der Waals surface area contributed by atoms with Crippen molar-refractivity contribution < 1.29 is 4.39 Å². The van der Waals surface area contributed by atoms with Gasteiger partial charge in [-0.15, -0.1) is 0 Å². The van der Waals surface area contributed by atoms with Gasteiger partial charge in [-0.1, -0.05) is 18.2 Å². The molecule has 106 valence electrons. The molecule has 3 aromatic rings. The first-order chi connectivity index (χ1) is 10.2. The SMILES string of the molecule is Cc1[nH]c(CNc2ccccc2)nc1-c1ccc(F)cn1. The second kappa shape index (κ2) is 5.75. The van der Waals surface area contributed by atoms with Crippen LogP contribution in [0.3, 0.4) is 0 Å². The molecular weight excluding hydrogens is 267 g/mol. The van der Waals surface area contributed by atoms with E-state index in [9.17, 15) is 4.39 Å². The van der Waals surface area contributed by atoms with Gasteiger partial charge in [0.1, 0.15) is 17.3 Å². The van der Waals surface area contributed by atoms with Crippen LogP contribution in [0.2, 0.25) is 0 Å². The molecule has 4 nitrogen and oxygen atoms in total. The summed E-state index contributed by atoms with van der Waals surface area (Å²) in [5, 5.41) is 3.29. The molecule has 0 fully saturated rings. The lowest BCUT2D eigenvalue weighted by molar-refractivity contribution is 0.622. The number of aryl methyl sites for hydroxylation is 1. The van der Waals surface area contributed by atoms with Crippen molar-refractivity contribution in [2.24, 2.45) is 0 Å². The lowest BCUT2D eigenvalue weighted by Gasteiger charge is -2.03. The number of anilines is 1. The molecule has 0 saturated carbocycles. The summed E-state index contributed by atoms with van der Waals surface area (Å²) >= 11 is 0. The minimum Gasteiger partial charge on any atom is -0.378 e. The first-order valence-corrected chi connectivity index (χ1v) is 6.69. The number of aromatic nitrogens is 3. The van der Waals surface area contributed by atoms with E-state index in [4.69, 9.17) is 0 Å². The van der Waals surface area contributed by atoms with E-state index in [1.165, 1.54) is 12.3 Å². The van der Waals surface area contributed by atoms with E-state index in [1.54, 1.807) is 6.07 Å². The molecule has 1 aromatic carbocycles. The monoisotopic (exact) mass is 282 g/mol. The van der Waals surface area contributed by atoms with Gasteiger partial charge in [-0.25, -0.2) is 9.37 Å². The summed E-state index contributed by atoms with van der Waals surface area (Å²) < 4.78 is 12.9. The van der Waals surface area contributed by atoms with Crippen LogP contribution in [0.4, 0.5) is 10.1 Å². The lowest BCUT2D eigenvalue weighted by Crippen LogP contribution is -2.00. The normalized spacial score (nSPS) is 10.6. The number of aromatic amines is 1. The van der Waals surface area contributed by atoms with Crippen LogP contribution in [0, 0.1) is 12.7 Å². The highest BCUT2D eigenvalue weighted by Gasteiger charge is 2.10. The second-order valence-corrected chi connectivity index (χ2v) is 4.74. The molecule has 21 heavy (non-hydrogen) atoms. The number of halogens is 1. The predicted octanol–water partition coefficient (Wildman–Crippen LogP) is 3.53. The summed E-state index contributed by atoms with van der Waals surface area (Å²) in [5.41, 5.74) is 3.36. The maximum atomic E-state index is 12.9. The first kappa shape index (κ1) is 13.3. The summed E-state index contributed by atoms with van der Waals surface area (Å²) in [6.45, 7) is 2.52. The average Bonchev–Trinajstić information content (AvgIpc) is 2.88. The zero-order valence-corrected chi connectivity index (χ0v) is 11.6. The minimum atomic E-state index is -0.349. The highest BCUT2D eigenvalue weighted by Crippen LogP contribution is 2.19. The molecule has 0 aliphatic carbocycles. The number of hydrogen-bond donors (Lipinski definition) is 2. The number of benzene rings is 1. The number of nitrogens with one attached hydrogen (secondary N) is 2. The molecule has 0 amide bonds. The Morgan fingerprint density at radius 2 is 1.95 bits per heavy atom. The number of para-hydroxylation sites is 1. The molecule has 0 atom stereocenters. The molecule has 2 aromatic heterocycles. The van der Waals surface area contributed by atoms with Crippen molar-refractivity contribution in [1.82, 2.24) is 15.0 Å². The van der Waals surface area contributed by atoms with Crippen molar-refractivity contribution in [2.45, 2.75) is 13.5 Å². The Hall–Kier alpha value is -2.69. The number of hydrogen-bond acceptors (Lipinski definition) is 3. The molecule has 2 N–H and O–H groups in total. The van der Waals surface area contributed by atoms with Crippen LogP contribution < -0.4 is 5.32 Å². The van der Waals surface area contributed by atoms with Crippen LogP contribution in [-0.4, -0.2) is 15.0 Å². The fourth-order valence-corrected chi connectivity index (χ4v) is 2.11. The van der Waals surface area contributed by atoms with Gasteiger partial charge < -0.3 is 10.3 Å². The topological polar surface area (TPSA) is 53.6 Å². The van der Waals surface area contributed by atoms with Gasteiger partial charge in [0.25, 0.3) is 0 Å². The van der Waals surface area contributed by atoms with E-state index in [-0.39, 0.29) is 5.82 Å². The summed E-state index contributed by atoms with van der Waals surface area (Å²) in [6, 6.07) is 12.9. The molecular formula is C16H15FN4. The lowest BCUT2D eigenvalue weighted by atomic mass is 10.2. The van der Waals surface area contributed by atoms with E-state index in [2.05, 4.69) is 20.3 Å². The van der Waals surface area contributed by atoms with E-state index in [1.807, 2.05) is 37.3 Å². The van der Waals surface area contributed by atoms with Crippen LogP contribution in [-0.2, 0) is 6.54 Å². The molecule has 5 heteroatoms. The Balaban J connectivity index is 1.76. The Bertz CT molecular complexity index is 720. The van der Waals surface area contributed by atoms with Crippen LogP contribution >= 0.6 is 0 Å². The number of pyridine rings is 1. The van der Waals surface area contributed by atoms with Crippen molar-refractivity contribution >= 4 is 5.69 Å². The quantitative estimate of drug-likeness (QED) is 0.769. The number of rotatable bonds is 4. The molecule has 0 spiro atoms. The predicted molar refractivity (Wildman–Crippen MR) is 80.3 cm³/mol. The fraction of sp³-hybridized carbons (Fsp3) is 0.125. The Morgan fingerprint density at radius 3 is 2.67 bits per heavy atom. The third-order valence-corrected chi connectivity index (χ3v) is 3.14. The minimum absolute atomic E-state index is 0.349. The molecule has 0 radical (unpaired) electrons. The molecule has 0 aliphatic rings. The molecule has 0 bridgehead atoms. The van der Waals surface area contributed by atoms with Gasteiger partial charge >= 0.3 is 0 Å². The van der Waals surface area contributed by atoms with Crippen molar-refractivity contribution in [2.75, 3.05) is 5.32 Å². The Labute approximate surface area is 122 Å². The van der Waals surface area contributed by atoms with Crippen molar-refractivity contribution in [3.05, 3.63) is 66.0 Å². The van der Waals surface area contributed by atoms with Gasteiger partial charge in [0.05, 0.1) is 18.4 Å². The van der Waals surface area contributed by atoms with Crippen LogP contribution in [0.15, 0.2) is 48.7 Å².